The number of hydrogen-bond donors (Lipinski definition) is 1. The molecular weight excluding hydrogens is 290 g/mol. The van der Waals surface area contributed by atoms with Gasteiger partial charge < -0.3 is 5.32 Å². The second-order valence-corrected chi connectivity index (χ2v) is 6.47. The summed E-state index contributed by atoms with van der Waals surface area (Å²) in [5, 5.41) is 18.2. The fourth-order valence-electron chi connectivity index (χ4n) is 1.88. The third-order valence-electron chi connectivity index (χ3n) is 2.87. The quantitative estimate of drug-likeness (QED) is 0.721. The molecule has 7 heteroatoms. The maximum atomic E-state index is 4.30. The third kappa shape index (κ3) is 4.29. The van der Waals surface area contributed by atoms with Gasteiger partial charge in [-0.2, -0.15) is 0 Å². The summed E-state index contributed by atoms with van der Waals surface area (Å²) >= 11 is 3.10. The van der Waals surface area contributed by atoms with Gasteiger partial charge in [-0.05, 0) is 43.9 Å². The molecular formula is C13H21N5S2. The summed E-state index contributed by atoms with van der Waals surface area (Å²) in [7, 11) is 0. The molecule has 2 aromatic heterocycles. The Morgan fingerprint density at radius 1 is 1.00 bits per heavy atom. The predicted molar refractivity (Wildman–Crippen MR) is 84.3 cm³/mol. The van der Waals surface area contributed by atoms with E-state index in [1.807, 2.05) is 0 Å². The molecule has 0 aliphatic carbocycles. The average molecular weight is 311 g/mol. The lowest BCUT2D eigenvalue weighted by molar-refractivity contribution is 0.637. The fraction of sp³-hybridized carbons (Fsp3) is 0.692. The number of nitrogens with one attached hydrogen (secondary N) is 1. The summed E-state index contributed by atoms with van der Waals surface area (Å²) in [5.74, 6) is 0. The number of rotatable bonds is 9. The van der Waals surface area contributed by atoms with Gasteiger partial charge >= 0.3 is 0 Å². The van der Waals surface area contributed by atoms with E-state index in [1.165, 1.54) is 18.0 Å². The molecule has 20 heavy (non-hydrogen) atoms. The van der Waals surface area contributed by atoms with E-state index in [4.69, 9.17) is 0 Å². The Bertz CT molecular complexity index is 508. The first-order valence-electron chi connectivity index (χ1n) is 7.19. The highest BCUT2D eigenvalue weighted by atomic mass is 32.1. The molecule has 0 spiro atoms. The molecule has 0 aliphatic heterocycles. The molecule has 110 valence electrons. The number of hydrogen-bond acceptors (Lipinski definition) is 7. The van der Waals surface area contributed by atoms with Crippen molar-refractivity contribution in [3.63, 3.8) is 0 Å². The maximum absolute atomic E-state index is 4.30. The Kier molecular flexibility index (Phi) is 6.49. The number of aryl methyl sites for hydroxylation is 2. The lowest BCUT2D eigenvalue weighted by Crippen LogP contribution is -2.16. The summed E-state index contributed by atoms with van der Waals surface area (Å²) in [6.07, 6.45) is 5.32. The van der Waals surface area contributed by atoms with Gasteiger partial charge in [-0.3, -0.25) is 0 Å². The summed E-state index contributed by atoms with van der Waals surface area (Å²) < 4.78 is 4.04. The highest BCUT2D eigenvalue weighted by Crippen LogP contribution is 2.29. The Morgan fingerprint density at radius 3 is 2.70 bits per heavy atom. The molecule has 2 heterocycles. The van der Waals surface area contributed by atoms with E-state index < -0.39 is 0 Å². The van der Waals surface area contributed by atoms with Crippen LogP contribution < -0.4 is 5.32 Å². The average Bonchev–Trinajstić information content (AvgIpc) is 3.08. The Labute approximate surface area is 128 Å². The van der Waals surface area contributed by atoms with Gasteiger partial charge in [0.2, 0.25) is 0 Å². The van der Waals surface area contributed by atoms with Crippen molar-refractivity contribution in [1.29, 1.82) is 0 Å². The molecule has 1 N–H and O–H groups in total. The van der Waals surface area contributed by atoms with Crippen molar-refractivity contribution in [3.8, 4) is 9.88 Å². The predicted octanol–water partition coefficient (Wildman–Crippen LogP) is 2.94. The van der Waals surface area contributed by atoms with Crippen LogP contribution in [0.3, 0.4) is 0 Å². The van der Waals surface area contributed by atoms with Gasteiger partial charge in [0.1, 0.15) is 9.88 Å². The monoisotopic (exact) mass is 311 g/mol. The van der Waals surface area contributed by atoms with Gasteiger partial charge in [0.15, 0.2) is 5.01 Å². The highest BCUT2D eigenvalue weighted by molar-refractivity contribution is 7.19. The first-order valence-corrected chi connectivity index (χ1v) is 8.78. The van der Waals surface area contributed by atoms with E-state index >= 15 is 0 Å². The maximum Gasteiger partial charge on any atom is 0.161 e. The zero-order valence-electron chi connectivity index (χ0n) is 12.1. The lowest BCUT2D eigenvalue weighted by Gasteiger charge is -1.99. The first-order chi connectivity index (χ1) is 9.85. The molecule has 0 bridgehead atoms. The Balaban J connectivity index is 1.89. The van der Waals surface area contributed by atoms with Gasteiger partial charge in [-0.15, -0.1) is 15.3 Å². The normalized spacial score (nSPS) is 11.1. The van der Waals surface area contributed by atoms with Crippen LogP contribution in [0.15, 0.2) is 0 Å². The third-order valence-corrected chi connectivity index (χ3v) is 4.78. The van der Waals surface area contributed by atoms with Crippen LogP contribution in [0.4, 0.5) is 0 Å². The molecule has 0 atom stereocenters. The Hall–Kier alpha value is -0.920. The van der Waals surface area contributed by atoms with Crippen LogP contribution in [-0.4, -0.2) is 32.9 Å². The van der Waals surface area contributed by atoms with Gasteiger partial charge in [-0.1, -0.05) is 36.1 Å². The van der Waals surface area contributed by atoms with Gasteiger partial charge in [0.05, 0.1) is 5.69 Å². The SMILES string of the molecule is CCCNCCCc1nnc(-c2snnc2CCC)s1. The van der Waals surface area contributed by atoms with Crippen molar-refractivity contribution in [2.24, 2.45) is 0 Å². The molecule has 0 aliphatic rings. The molecule has 2 aromatic rings. The van der Waals surface area contributed by atoms with E-state index in [-0.39, 0.29) is 0 Å². The van der Waals surface area contributed by atoms with Crippen molar-refractivity contribution in [1.82, 2.24) is 25.1 Å². The van der Waals surface area contributed by atoms with Crippen molar-refractivity contribution >= 4 is 22.9 Å². The standard InChI is InChI=1S/C13H21N5S2/c1-3-6-10-12(20-18-15-10)13-17-16-11(19-13)7-5-9-14-8-4-2/h14H,3-9H2,1-2H3. The van der Waals surface area contributed by atoms with Crippen LogP contribution in [0.5, 0.6) is 0 Å². The highest BCUT2D eigenvalue weighted by Gasteiger charge is 2.14. The van der Waals surface area contributed by atoms with E-state index in [1.54, 1.807) is 11.3 Å². The van der Waals surface area contributed by atoms with Crippen molar-refractivity contribution in [3.05, 3.63) is 10.7 Å². The zero-order valence-corrected chi connectivity index (χ0v) is 13.7. The Morgan fingerprint density at radius 2 is 1.90 bits per heavy atom. The second-order valence-electron chi connectivity index (χ2n) is 4.65. The summed E-state index contributed by atoms with van der Waals surface area (Å²) in [4.78, 5) is 1.10. The van der Waals surface area contributed by atoms with Crippen LogP contribution in [0.2, 0.25) is 0 Å². The minimum Gasteiger partial charge on any atom is -0.317 e. The molecule has 5 nitrogen and oxygen atoms in total. The lowest BCUT2D eigenvalue weighted by atomic mass is 10.2. The number of aromatic nitrogens is 4. The molecule has 0 amide bonds. The second kappa shape index (κ2) is 8.39. The molecule has 0 saturated carbocycles. The molecule has 0 unspecified atom stereocenters. The van der Waals surface area contributed by atoms with E-state index in [0.717, 1.165) is 59.4 Å². The van der Waals surface area contributed by atoms with Crippen molar-refractivity contribution < 1.29 is 0 Å². The van der Waals surface area contributed by atoms with Crippen LogP contribution >= 0.6 is 22.9 Å². The summed E-state index contributed by atoms with van der Waals surface area (Å²) in [6, 6.07) is 0. The molecule has 0 radical (unpaired) electrons. The minimum atomic E-state index is 0.960. The van der Waals surface area contributed by atoms with Gasteiger partial charge in [0.25, 0.3) is 0 Å². The molecule has 0 aromatic carbocycles. The van der Waals surface area contributed by atoms with E-state index in [0.29, 0.717) is 0 Å². The minimum absolute atomic E-state index is 0.960. The molecule has 0 saturated heterocycles. The number of nitrogens with zero attached hydrogens (tertiary/aromatic N) is 4. The van der Waals surface area contributed by atoms with E-state index in [9.17, 15) is 0 Å². The summed E-state index contributed by atoms with van der Waals surface area (Å²) in [6.45, 7) is 6.47. The fourth-order valence-corrected chi connectivity index (χ4v) is 3.55. The van der Waals surface area contributed by atoms with Crippen LogP contribution in [0.25, 0.3) is 9.88 Å². The largest absolute Gasteiger partial charge is 0.317 e. The van der Waals surface area contributed by atoms with Crippen LogP contribution in [0, 0.1) is 0 Å². The van der Waals surface area contributed by atoms with Crippen molar-refractivity contribution in [2.75, 3.05) is 13.1 Å². The molecule has 0 fully saturated rings. The van der Waals surface area contributed by atoms with Gasteiger partial charge in [-0.25, -0.2) is 0 Å². The zero-order chi connectivity index (χ0) is 14.2. The smallest absolute Gasteiger partial charge is 0.161 e. The summed E-state index contributed by atoms with van der Waals surface area (Å²) in [5.41, 5.74) is 1.06. The molecule has 2 rings (SSSR count). The first kappa shape index (κ1) is 15.5. The topological polar surface area (TPSA) is 63.6 Å². The van der Waals surface area contributed by atoms with Crippen LogP contribution in [0.1, 0.15) is 43.8 Å². The van der Waals surface area contributed by atoms with E-state index in [2.05, 4.69) is 38.9 Å². The van der Waals surface area contributed by atoms with Crippen LogP contribution in [-0.2, 0) is 12.8 Å². The van der Waals surface area contributed by atoms with Gasteiger partial charge in [0, 0.05) is 6.42 Å². The van der Waals surface area contributed by atoms with Crippen molar-refractivity contribution in [2.45, 2.75) is 46.0 Å².